The minimum atomic E-state index is -3.78. The summed E-state index contributed by atoms with van der Waals surface area (Å²) in [4.78, 5) is 24.4. The first kappa shape index (κ1) is 19.0. The van der Waals surface area contributed by atoms with Crippen LogP contribution in [0.5, 0.6) is 0 Å². The van der Waals surface area contributed by atoms with E-state index in [0.29, 0.717) is 18.7 Å². The molecule has 0 spiro atoms. The third-order valence-corrected chi connectivity index (χ3v) is 6.68. The van der Waals surface area contributed by atoms with Crippen LogP contribution >= 0.6 is 0 Å². The molecule has 0 unspecified atom stereocenters. The average molecular weight is 378 g/mol. The second-order valence-corrected chi connectivity index (χ2v) is 8.77. The first-order valence-electron chi connectivity index (χ1n) is 9.41. The summed E-state index contributed by atoms with van der Waals surface area (Å²) in [6, 6.07) is 5.75. The predicted octanol–water partition coefficient (Wildman–Crippen LogP) is 2.38. The van der Waals surface area contributed by atoms with Crippen molar-refractivity contribution in [3.8, 4) is 0 Å². The molecular formula is C19H26N2O4S. The molecule has 7 heteroatoms. The lowest BCUT2D eigenvalue weighted by molar-refractivity contribution is -0.119. The number of piperidine rings is 1. The Morgan fingerprint density at radius 1 is 0.923 bits per heavy atom. The number of benzene rings is 1. The average Bonchev–Trinajstić information content (AvgIpc) is 2.66. The van der Waals surface area contributed by atoms with Gasteiger partial charge in [0.15, 0.2) is 5.78 Å². The molecule has 0 saturated carbocycles. The van der Waals surface area contributed by atoms with Crippen LogP contribution in [-0.4, -0.2) is 37.5 Å². The van der Waals surface area contributed by atoms with E-state index in [1.807, 2.05) is 18.2 Å². The van der Waals surface area contributed by atoms with Crippen molar-refractivity contribution in [2.75, 3.05) is 13.1 Å². The van der Waals surface area contributed by atoms with E-state index in [0.717, 1.165) is 38.5 Å². The molecule has 0 radical (unpaired) electrons. The number of ketones is 1. The SMILES string of the molecule is O=C(CCC(=O)c1ccc2c(c1)CCCC2)NS(=O)(=O)N1CCCCC1. The summed E-state index contributed by atoms with van der Waals surface area (Å²) < 4.78 is 27.8. The van der Waals surface area contributed by atoms with Crippen molar-refractivity contribution >= 4 is 21.9 Å². The molecule has 1 aliphatic heterocycles. The highest BCUT2D eigenvalue weighted by Crippen LogP contribution is 2.23. The standard InChI is InChI=1S/C19H26N2O4S/c22-18(17-9-8-15-6-2-3-7-16(15)14-17)10-11-19(23)20-26(24,25)21-12-4-1-5-13-21/h8-9,14H,1-7,10-13H2,(H,20,23). The van der Waals surface area contributed by atoms with E-state index >= 15 is 0 Å². The second-order valence-electron chi connectivity index (χ2n) is 7.10. The van der Waals surface area contributed by atoms with Crippen molar-refractivity contribution in [3.05, 3.63) is 34.9 Å². The van der Waals surface area contributed by atoms with Crippen molar-refractivity contribution in [2.24, 2.45) is 0 Å². The van der Waals surface area contributed by atoms with Gasteiger partial charge in [0.25, 0.3) is 0 Å². The van der Waals surface area contributed by atoms with E-state index in [1.165, 1.54) is 21.9 Å². The molecule has 1 aromatic rings. The summed E-state index contributed by atoms with van der Waals surface area (Å²) in [6.07, 6.45) is 6.90. The van der Waals surface area contributed by atoms with Crippen molar-refractivity contribution in [3.63, 3.8) is 0 Å². The number of aryl methyl sites for hydroxylation is 2. The molecule has 0 aromatic heterocycles. The van der Waals surface area contributed by atoms with Gasteiger partial charge in [-0.1, -0.05) is 18.6 Å². The summed E-state index contributed by atoms with van der Waals surface area (Å²) in [5.41, 5.74) is 3.13. The summed E-state index contributed by atoms with van der Waals surface area (Å²) in [5.74, 6) is -0.745. The number of amides is 1. The molecule has 1 aromatic carbocycles. The molecule has 2 aliphatic rings. The Labute approximate surface area is 155 Å². The number of nitrogens with zero attached hydrogens (tertiary/aromatic N) is 1. The Hall–Kier alpha value is -1.73. The van der Waals surface area contributed by atoms with E-state index in [9.17, 15) is 18.0 Å². The van der Waals surface area contributed by atoms with Crippen LogP contribution in [0.3, 0.4) is 0 Å². The van der Waals surface area contributed by atoms with Crippen LogP contribution in [0.1, 0.15) is 66.4 Å². The van der Waals surface area contributed by atoms with Crippen LogP contribution in [-0.2, 0) is 27.8 Å². The zero-order chi connectivity index (χ0) is 18.6. The van der Waals surface area contributed by atoms with Gasteiger partial charge in [-0.2, -0.15) is 12.7 Å². The van der Waals surface area contributed by atoms with E-state index in [4.69, 9.17) is 0 Å². The lowest BCUT2D eigenvalue weighted by Crippen LogP contribution is -2.45. The number of hydrogen-bond acceptors (Lipinski definition) is 4. The van der Waals surface area contributed by atoms with Gasteiger partial charge in [0.2, 0.25) is 5.91 Å². The minimum Gasteiger partial charge on any atom is -0.294 e. The molecule has 142 valence electrons. The molecule has 1 fully saturated rings. The quantitative estimate of drug-likeness (QED) is 0.771. The highest BCUT2D eigenvalue weighted by molar-refractivity contribution is 7.87. The molecule has 3 rings (SSSR count). The van der Waals surface area contributed by atoms with Gasteiger partial charge >= 0.3 is 10.2 Å². The summed E-state index contributed by atoms with van der Waals surface area (Å²) in [7, 11) is -3.78. The maximum atomic E-state index is 12.4. The zero-order valence-corrected chi connectivity index (χ0v) is 15.8. The van der Waals surface area contributed by atoms with E-state index in [1.54, 1.807) is 0 Å². The lowest BCUT2D eigenvalue weighted by Gasteiger charge is -2.25. The first-order chi connectivity index (χ1) is 12.5. The Kier molecular flexibility index (Phi) is 6.09. The number of Topliss-reactive ketones (excluding diaryl/α,β-unsaturated/α-hetero) is 1. The van der Waals surface area contributed by atoms with Crippen LogP contribution in [0.2, 0.25) is 0 Å². The topological polar surface area (TPSA) is 83.5 Å². The molecular weight excluding hydrogens is 352 g/mol. The van der Waals surface area contributed by atoms with Gasteiger partial charge in [0, 0.05) is 31.5 Å². The van der Waals surface area contributed by atoms with Crippen LogP contribution < -0.4 is 4.72 Å². The van der Waals surface area contributed by atoms with E-state index in [2.05, 4.69) is 4.72 Å². The third kappa shape index (κ3) is 4.71. The maximum absolute atomic E-state index is 12.4. The number of fused-ring (bicyclic) bond motifs is 1. The number of hydrogen-bond donors (Lipinski definition) is 1. The van der Waals surface area contributed by atoms with E-state index < -0.39 is 16.1 Å². The van der Waals surface area contributed by atoms with Crippen molar-refractivity contribution < 1.29 is 18.0 Å². The largest absolute Gasteiger partial charge is 0.303 e. The number of carbonyl (C=O) groups excluding carboxylic acids is 2. The normalized spacial score (nSPS) is 18.2. The molecule has 1 saturated heterocycles. The first-order valence-corrected chi connectivity index (χ1v) is 10.9. The van der Waals surface area contributed by atoms with Gasteiger partial charge in [-0.3, -0.25) is 9.59 Å². The highest BCUT2D eigenvalue weighted by atomic mass is 32.2. The summed E-state index contributed by atoms with van der Waals surface area (Å²) in [5, 5.41) is 0. The van der Waals surface area contributed by atoms with Gasteiger partial charge in [0.05, 0.1) is 0 Å². The third-order valence-electron chi connectivity index (χ3n) is 5.15. The Morgan fingerprint density at radius 2 is 1.62 bits per heavy atom. The molecule has 1 heterocycles. The summed E-state index contributed by atoms with van der Waals surface area (Å²) >= 11 is 0. The van der Waals surface area contributed by atoms with Crippen LogP contribution in [0.25, 0.3) is 0 Å². The second kappa shape index (κ2) is 8.31. The smallest absolute Gasteiger partial charge is 0.294 e. The molecule has 0 atom stereocenters. The maximum Gasteiger partial charge on any atom is 0.303 e. The molecule has 1 N–H and O–H groups in total. The Morgan fingerprint density at radius 3 is 2.35 bits per heavy atom. The molecule has 6 nitrogen and oxygen atoms in total. The molecule has 1 amide bonds. The summed E-state index contributed by atoms with van der Waals surface area (Å²) in [6.45, 7) is 0.882. The monoisotopic (exact) mass is 378 g/mol. The van der Waals surface area contributed by atoms with Crippen LogP contribution in [0.15, 0.2) is 18.2 Å². The number of nitrogens with one attached hydrogen (secondary N) is 1. The van der Waals surface area contributed by atoms with Gasteiger partial charge in [-0.15, -0.1) is 0 Å². The van der Waals surface area contributed by atoms with Gasteiger partial charge in [0.1, 0.15) is 0 Å². The predicted molar refractivity (Wildman–Crippen MR) is 99.1 cm³/mol. The van der Waals surface area contributed by atoms with Gasteiger partial charge in [-0.05, 0) is 55.7 Å². The fraction of sp³-hybridized carbons (Fsp3) is 0.579. The van der Waals surface area contributed by atoms with Crippen molar-refractivity contribution in [1.29, 1.82) is 0 Å². The number of carbonyl (C=O) groups is 2. The van der Waals surface area contributed by atoms with E-state index in [-0.39, 0.29) is 18.6 Å². The Balaban J connectivity index is 1.53. The lowest BCUT2D eigenvalue weighted by atomic mass is 9.89. The fourth-order valence-corrected chi connectivity index (χ4v) is 4.90. The number of rotatable bonds is 6. The van der Waals surface area contributed by atoms with Gasteiger partial charge < -0.3 is 0 Å². The fourth-order valence-electron chi connectivity index (χ4n) is 3.64. The van der Waals surface area contributed by atoms with Crippen molar-refractivity contribution in [1.82, 2.24) is 9.03 Å². The molecule has 0 bridgehead atoms. The van der Waals surface area contributed by atoms with Crippen LogP contribution in [0.4, 0.5) is 0 Å². The molecule has 26 heavy (non-hydrogen) atoms. The minimum absolute atomic E-state index is 0.0140. The highest BCUT2D eigenvalue weighted by Gasteiger charge is 2.25. The molecule has 1 aliphatic carbocycles. The zero-order valence-electron chi connectivity index (χ0n) is 15.0. The van der Waals surface area contributed by atoms with Gasteiger partial charge in [-0.25, -0.2) is 4.72 Å². The van der Waals surface area contributed by atoms with Crippen molar-refractivity contribution in [2.45, 2.75) is 57.8 Å². The van der Waals surface area contributed by atoms with Crippen LogP contribution in [0, 0.1) is 0 Å². The Bertz CT molecular complexity index is 783.